The molecule has 3 fully saturated rings. The van der Waals surface area contributed by atoms with Crippen LogP contribution in [0.3, 0.4) is 0 Å². The lowest BCUT2D eigenvalue weighted by atomic mass is 9.93. The Morgan fingerprint density at radius 3 is 1.71 bits per heavy atom. The second kappa shape index (κ2) is 3.34. The molecule has 0 spiro atoms. The van der Waals surface area contributed by atoms with Gasteiger partial charge in [0.1, 0.15) is 5.78 Å². The van der Waals surface area contributed by atoms with Crippen LogP contribution in [0.2, 0.25) is 0 Å². The number of fused-ring (bicyclic) bond motifs is 2. The molecule has 1 aliphatic carbocycles. The minimum atomic E-state index is 0.493. The maximum Gasteiger partial charge on any atom is 0.133 e. The Morgan fingerprint density at radius 1 is 0.786 bits per heavy atom. The number of rotatable bonds is 1. The van der Waals surface area contributed by atoms with Crippen molar-refractivity contribution < 1.29 is 4.79 Å². The summed E-state index contributed by atoms with van der Waals surface area (Å²) in [7, 11) is 0. The van der Waals surface area contributed by atoms with Gasteiger partial charge in [0.15, 0.2) is 0 Å². The molecule has 14 heavy (non-hydrogen) atoms. The predicted molar refractivity (Wildman–Crippen MR) is 55.1 cm³/mol. The second-order valence-electron chi connectivity index (χ2n) is 5.18. The van der Waals surface area contributed by atoms with E-state index in [9.17, 15) is 4.79 Å². The van der Waals surface area contributed by atoms with Gasteiger partial charge in [-0.15, -0.1) is 0 Å². The van der Waals surface area contributed by atoms with Crippen LogP contribution in [0.15, 0.2) is 0 Å². The van der Waals surface area contributed by atoms with Crippen molar-refractivity contribution in [2.24, 2.45) is 0 Å². The summed E-state index contributed by atoms with van der Waals surface area (Å²) < 4.78 is 0. The van der Waals surface area contributed by atoms with Crippen molar-refractivity contribution in [1.29, 1.82) is 0 Å². The fraction of sp³-hybridized carbons (Fsp3) is 0.917. The molecule has 0 atom stereocenters. The highest BCUT2D eigenvalue weighted by Gasteiger charge is 2.43. The molecular formula is C12H19NO. The summed E-state index contributed by atoms with van der Waals surface area (Å²) in [4.78, 5) is 14.0. The first-order valence-electron chi connectivity index (χ1n) is 6.14. The molecule has 2 aliphatic heterocycles. The zero-order valence-corrected chi connectivity index (χ0v) is 8.74. The molecule has 0 radical (unpaired) electrons. The number of hydrogen-bond acceptors (Lipinski definition) is 2. The lowest BCUT2D eigenvalue weighted by Crippen LogP contribution is -2.41. The Labute approximate surface area is 85.7 Å². The SMILES string of the molecule is O=C1CCC(N2C3CCC2CC3)CC1. The summed E-state index contributed by atoms with van der Waals surface area (Å²) in [6.07, 6.45) is 9.69. The number of carbonyl (C=O) groups excluding carboxylic acids is 1. The van der Waals surface area contributed by atoms with Crippen molar-refractivity contribution in [3.63, 3.8) is 0 Å². The van der Waals surface area contributed by atoms with Gasteiger partial charge in [-0.1, -0.05) is 0 Å². The van der Waals surface area contributed by atoms with E-state index in [0.717, 1.165) is 43.8 Å². The fourth-order valence-electron chi connectivity index (χ4n) is 3.77. The van der Waals surface area contributed by atoms with Crippen molar-refractivity contribution in [1.82, 2.24) is 4.90 Å². The zero-order valence-electron chi connectivity index (χ0n) is 8.74. The lowest BCUT2D eigenvalue weighted by Gasteiger charge is -2.34. The maximum absolute atomic E-state index is 11.2. The highest BCUT2D eigenvalue weighted by atomic mass is 16.1. The summed E-state index contributed by atoms with van der Waals surface area (Å²) in [6.45, 7) is 0. The van der Waals surface area contributed by atoms with Crippen LogP contribution in [0.1, 0.15) is 51.4 Å². The van der Waals surface area contributed by atoms with Crippen LogP contribution in [0.5, 0.6) is 0 Å². The average Bonchev–Trinajstić information content (AvgIpc) is 2.78. The third-order valence-corrected chi connectivity index (χ3v) is 4.44. The van der Waals surface area contributed by atoms with Crippen LogP contribution in [-0.4, -0.2) is 28.8 Å². The molecule has 0 aromatic carbocycles. The monoisotopic (exact) mass is 193 g/mol. The number of hydrogen-bond donors (Lipinski definition) is 0. The standard InChI is InChI=1S/C12H19NO/c14-12-7-5-11(6-8-12)13-9-1-2-10(13)4-3-9/h9-11H,1-8H2. The molecule has 0 aromatic heterocycles. The van der Waals surface area contributed by atoms with Crippen LogP contribution in [-0.2, 0) is 4.79 Å². The fourth-order valence-corrected chi connectivity index (χ4v) is 3.77. The van der Waals surface area contributed by atoms with Gasteiger partial charge >= 0.3 is 0 Å². The van der Waals surface area contributed by atoms with Gasteiger partial charge in [-0.05, 0) is 38.5 Å². The molecule has 78 valence electrons. The highest BCUT2D eigenvalue weighted by molar-refractivity contribution is 5.79. The molecule has 2 heteroatoms. The molecular weight excluding hydrogens is 174 g/mol. The third-order valence-electron chi connectivity index (χ3n) is 4.44. The molecule has 1 saturated carbocycles. The Kier molecular flexibility index (Phi) is 2.12. The average molecular weight is 193 g/mol. The van der Waals surface area contributed by atoms with E-state index >= 15 is 0 Å². The largest absolute Gasteiger partial charge is 0.300 e. The number of Topliss-reactive ketones (excluding diaryl/α,β-unsaturated/α-hetero) is 1. The molecule has 0 N–H and O–H groups in total. The minimum Gasteiger partial charge on any atom is -0.300 e. The normalized spacial score (nSPS) is 39.6. The van der Waals surface area contributed by atoms with Gasteiger partial charge in [0.2, 0.25) is 0 Å². The Morgan fingerprint density at radius 2 is 1.21 bits per heavy atom. The molecule has 0 amide bonds. The van der Waals surface area contributed by atoms with E-state index in [-0.39, 0.29) is 0 Å². The van der Waals surface area contributed by atoms with Crippen LogP contribution in [0.25, 0.3) is 0 Å². The van der Waals surface area contributed by atoms with Crippen LogP contribution >= 0.6 is 0 Å². The van der Waals surface area contributed by atoms with Crippen LogP contribution < -0.4 is 0 Å². The summed E-state index contributed by atoms with van der Waals surface area (Å²) >= 11 is 0. The highest BCUT2D eigenvalue weighted by Crippen LogP contribution is 2.41. The van der Waals surface area contributed by atoms with E-state index in [4.69, 9.17) is 0 Å². The van der Waals surface area contributed by atoms with Crippen LogP contribution in [0, 0.1) is 0 Å². The Balaban J connectivity index is 1.68. The Hall–Kier alpha value is -0.370. The van der Waals surface area contributed by atoms with E-state index in [1.54, 1.807) is 0 Å². The molecule has 2 heterocycles. The molecule has 3 aliphatic rings. The van der Waals surface area contributed by atoms with Gasteiger partial charge in [0.25, 0.3) is 0 Å². The molecule has 3 rings (SSSR count). The third kappa shape index (κ3) is 1.31. The first-order chi connectivity index (χ1) is 6.84. The van der Waals surface area contributed by atoms with Crippen molar-refractivity contribution in [2.45, 2.75) is 69.5 Å². The summed E-state index contributed by atoms with van der Waals surface area (Å²) in [5.41, 5.74) is 0. The van der Waals surface area contributed by atoms with E-state index < -0.39 is 0 Å². The molecule has 2 nitrogen and oxygen atoms in total. The van der Waals surface area contributed by atoms with E-state index in [1.807, 2.05) is 0 Å². The van der Waals surface area contributed by atoms with Gasteiger partial charge in [0, 0.05) is 31.0 Å². The number of carbonyl (C=O) groups is 1. The van der Waals surface area contributed by atoms with Crippen molar-refractivity contribution in [3.05, 3.63) is 0 Å². The Bertz CT molecular complexity index is 221. The summed E-state index contributed by atoms with van der Waals surface area (Å²) in [6, 6.07) is 2.53. The minimum absolute atomic E-state index is 0.493. The van der Waals surface area contributed by atoms with E-state index in [0.29, 0.717) is 5.78 Å². The van der Waals surface area contributed by atoms with Gasteiger partial charge < -0.3 is 0 Å². The van der Waals surface area contributed by atoms with Gasteiger partial charge in [0.05, 0.1) is 0 Å². The molecule has 2 bridgehead atoms. The van der Waals surface area contributed by atoms with Crippen molar-refractivity contribution in [2.75, 3.05) is 0 Å². The van der Waals surface area contributed by atoms with Crippen molar-refractivity contribution >= 4 is 5.78 Å². The number of nitrogens with zero attached hydrogens (tertiary/aromatic N) is 1. The van der Waals surface area contributed by atoms with Gasteiger partial charge in [-0.25, -0.2) is 0 Å². The summed E-state index contributed by atoms with van der Waals surface area (Å²) in [5, 5.41) is 0. The van der Waals surface area contributed by atoms with E-state index in [2.05, 4.69) is 4.90 Å². The van der Waals surface area contributed by atoms with Gasteiger partial charge in [-0.2, -0.15) is 0 Å². The van der Waals surface area contributed by atoms with Crippen LogP contribution in [0.4, 0.5) is 0 Å². The van der Waals surface area contributed by atoms with Gasteiger partial charge in [-0.3, -0.25) is 9.69 Å². The molecule has 2 saturated heterocycles. The van der Waals surface area contributed by atoms with Crippen molar-refractivity contribution in [3.8, 4) is 0 Å². The predicted octanol–water partition coefficient (Wildman–Crippen LogP) is 2.12. The molecule has 0 aromatic rings. The first-order valence-corrected chi connectivity index (χ1v) is 6.14. The second-order valence-corrected chi connectivity index (χ2v) is 5.18. The molecule has 0 unspecified atom stereocenters. The lowest BCUT2D eigenvalue weighted by molar-refractivity contribution is -0.121. The zero-order chi connectivity index (χ0) is 9.54. The topological polar surface area (TPSA) is 20.3 Å². The smallest absolute Gasteiger partial charge is 0.133 e. The number of ketones is 1. The first kappa shape index (κ1) is 8.90. The maximum atomic E-state index is 11.2. The van der Waals surface area contributed by atoms with E-state index in [1.165, 1.54) is 25.7 Å². The quantitative estimate of drug-likeness (QED) is 0.636. The summed E-state index contributed by atoms with van der Waals surface area (Å²) in [5.74, 6) is 0.493.